The van der Waals surface area contributed by atoms with Gasteiger partial charge in [-0.25, -0.2) is 0 Å². The van der Waals surface area contributed by atoms with E-state index in [1.165, 1.54) is 11.3 Å². The number of anilines is 1. The van der Waals surface area contributed by atoms with Crippen molar-refractivity contribution in [2.45, 2.75) is 6.92 Å². The minimum absolute atomic E-state index is 0.141. The van der Waals surface area contributed by atoms with Gasteiger partial charge >= 0.3 is 0 Å². The summed E-state index contributed by atoms with van der Waals surface area (Å²) in [5.41, 5.74) is 2.13. The summed E-state index contributed by atoms with van der Waals surface area (Å²) in [6, 6.07) is 18.5. The second kappa shape index (κ2) is 7.66. The van der Waals surface area contributed by atoms with Gasteiger partial charge in [-0.3, -0.25) is 4.79 Å². The van der Waals surface area contributed by atoms with E-state index in [-0.39, 0.29) is 5.91 Å². The smallest absolute Gasteiger partial charge is 0.265 e. The maximum Gasteiger partial charge on any atom is 0.265 e. The van der Waals surface area contributed by atoms with Crippen LogP contribution in [-0.4, -0.2) is 23.2 Å². The number of para-hydroxylation sites is 1. The standard InChI is InChI=1S/C21H17N3O3S/c1-13-10-11-18(28-13)20(25)22-15-7-5-6-14(12-15)19-23-21(27-24-19)16-8-3-4-9-17(16)26-2/h3-12H,1-2H3,(H,22,25). The predicted molar refractivity (Wildman–Crippen MR) is 109 cm³/mol. The first-order valence-electron chi connectivity index (χ1n) is 8.59. The molecule has 0 spiro atoms. The third-order valence-corrected chi connectivity index (χ3v) is 5.11. The van der Waals surface area contributed by atoms with Gasteiger partial charge in [0.15, 0.2) is 0 Å². The molecule has 2 heterocycles. The number of nitrogens with zero attached hydrogens (tertiary/aromatic N) is 2. The first kappa shape index (κ1) is 17.9. The zero-order chi connectivity index (χ0) is 19.5. The van der Waals surface area contributed by atoms with Crippen LogP contribution in [0.25, 0.3) is 22.8 Å². The number of hydrogen-bond donors (Lipinski definition) is 1. The molecule has 0 atom stereocenters. The van der Waals surface area contributed by atoms with Crippen molar-refractivity contribution in [3.05, 3.63) is 70.4 Å². The van der Waals surface area contributed by atoms with Crippen LogP contribution in [0.15, 0.2) is 65.2 Å². The Kier molecular flexibility index (Phi) is 4.90. The average molecular weight is 391 g/mol. The molecule has 0 aliphatic rings. The van der Waals surface area contributed by atoms with E-state index in [0.717, 1.165) is 16.0 Å². The molecule has 7 heteroatoms. The molecule has 4 aromatic rings. The van der Waals surface area contributed by atoms with Gasteiger partial charge in [-0.15, -0.1) is 11.3 Å². The molecular formula is C21H17N3O3S. The topological polar surface area (TPSA) is 77.2 Å². The highest BCUT2D eigenvalue weighted by Crippen LogP contribution is 2.30. The maximum absolute atomic E-state index is 12.4. The Bertz CT molecular complexity index is 1130. The number of ether oxygens (including phenoxy) is 1. The number of amides is 1. The molecule has 28 heavy (non-hydrogen) atoms. The van der Waals surface area contributed by atoms with Gasteiger partial charge in [0, 0.05) is 16.1 Å². The summed E-state index contributed by atoms with van der Waals surface area (Å²) in [7, 11) is 1.59. The van der Waals surface area contributed by atoms with Crippen LogP contribution >= 0.6 is 11.3 Å². The second-order valence-corrected chi connectivity index (χ2v) is 7.36. The molecule has 0 saturated carbocycles. The molecule has 0 saturated heterocycles. The number of nitrogens with one attached hydrogen (secondary N) is 1. The van der Waals surface area contributed by atoms with E-state index in [4.69, 9.17) is 9.26 Å². The van der Waals surface area contributed by atoms with Gasteiger partial charge in [0.05, 0.1) is 17.6 Å². The van der Waals surface area contributed by atoms with Crippen molar-refractivity contribution in [3.8, 4) is 28.6 Å². The molecular weight excluding hydrogens is 374 g/mol. The van der Waals surface area contributed by atoms with Gasteiger partial charge < -0.3 is 14.6 Å². The Morgan fingerprint density at radius 2 is 1.96 bits per heavy atom. The lowest BCUT2D eigenvalue weighted by Crippen LogP contribution is -2.09. The molecule has 0 aliphatic carbocycles. The highest BCUT2D eigenvalue weighted by molar-refractivity contribution is 7.14. The highest BCUT2D eigenvalue weighted by atomic mass is 32.1. The van der Waals surface area contributed by atoms with Gasteiger partial charge in [0.2, 0.25) is 5.82 Å². The molecule has 2 aromatic carbocycles. The monoisotopic (exact) mass is 391 g/mol. The highest BCUT2D eigenvalue weighted by Gasteiger charge is 2.15. The zero-order valence-corrected chi connectivity index (χ0v) is 16.1. The van der Waals surface area contributed by atoms with Crippen LogP contribution in [0.1, 0.15) is 14.5 Å². The molecule has 1 amide bonds. The fourth-order valence-corrected chi connectivity index (χ4v) is 3.52. The van der Waals surface area contributed by atoms with Crippen molar-refractivity contribution >= 4 is 22.9 Å². The summed E-state index contributed by atoms with van der Waals surface area (Å²) in [5, 5.41) is 6.97. The van der Waals surface area contributed by atoms with E-state index in [1.807, 2.05) is 67.6 Å². The van der Waals surface area contributed by atoms with Gasteiger partial charge in [0.25, 0.3) is 11.8 Å². The summed E-state index contributed by atoms with van der Waals surface area (Å²) in [6.45, 7) is 1.97. The molecule has 140 valence electrons. The molecule has 0 fully saturated rings. The Morgan fingerprint density at radius 3 is 2.75 bits per heavy atom. The second-order valence-electron chi connectivity index (χ2n) is 6.07. The number of hydrogen-bond acceptors (Lipinski definition) is 6. The van der Waals surface area contributed by atoms with Crippen LogP contribution in [0.5, 0.6) is 5.75 Å². The Balaban J connectivity index is 1.58. The van der Waals surface area contributed by atoms with Crippen molar-refractivity contribution in [1.29, 1.82) is 0 Å². The van der Waals surface area contributed by atoms with E-state index in [2.05, 4.69) is 15.5 Å². The lowest BCUT2D eigenvalue weighted by atomic mass is 10.2. The third kappa shape index (κ3) is 3.65. The van der Waals surface area contributed by atoms with Gasteiger partial charge in [-0.2, -0.15) is 4.98 Å². The number of rotatable bonds is 5. The SMILES string of the molecule is COc1ccccc1-c1nc(-c2cccc(NC(=O)c3ccc(C)s3)c2)no1. The average Bonchev–Trinajstić information content (AvgIpc) is 3.37. The number of carbonyl (C=O) groups excluding carboxylic acids is 1. The van der Waals surface area contributed by atoms with Crippen molar-refractivity contribution in [2.24, 2.45) is 0 Å². The predicted octanol–water partition coefficient (Wildman–Crippen LogP) is 5.03. The molecule has 0 bridgehead atoms. The molecule has 6 nitrogen and oxygen atoms in total. The van der Waals surface area contributed by atoms with Crippen molar-refractivity contribution in [3.63, 3.8) is 0 Å². The normalized spacial score (nSPS) is 10.6. The van der Waals surface area contributed by atoms with Gasteiger partial charge in [-0.05, 0) is 43.3 Å². The zero-order valence-electron chi connectivity index (χ0n) is 15.3. The lowest BCUT2D eigenvalue weighted by Gasteiger charge is -2.05. The quantitative estimate of drug-likeness (QED) is 0.516. The molecule has 1 N–H and O–H groups in total. The Morgan fingerprint density at radius 1 is 1.11 bits per heavy atom. The van der Waals surface area contributed by atoms with Crippen LogP contribution in [0.3, 0.4) is 0 Å². The van der Waals surface area contributed by atoms with Crippen LogP contribution in [-0.2, 0) is 0 Å². The molecule has 0 radical (unpaired) electrons. The first-order chi connectivity index (χ1) is 13.6. The largest absolute Gasteiger partial charge is 0.496 e. The van der Waals surface area contributed by atoms with Crippen LogP contribution in [0.2, 0.25) is 0 Å². The number of aryl methyl sites for hydroxylation is 1. The maximum atomic E-state index is 12.4. The lowest BCUT2D eigenvalue weighted by molar-refractivity contribution is 0.103. The number of aromatic nitrogens is 2. The molecule has 0 aliphatic heterocycles. The third-order valence-electron chi connectivity index (χ3n) is 4.11. The van der Waals surface area contributed by atoms with Gasteiger partial charge in [0.1, 0.15) is 5.75 Å². The number of methoxy groups -OCH3 is 1. The van der Waals surface area contributed by atoms with Crippen LogP contribution in [0, 0.1) is 6.92 Å². The van der Waals surface area contributed by atoms with Crippen molar-refractivity contribution in [1.82, 2.24) is 10.1 Å². The van der Waals surface area contributed by atoms with E-state index in [0.29, 0.717) is 28.0 Å². The van der Waals surface area contributed by atoms with Crippen LogP contribution in [0.4, 0.5) is 5.69 Å². The molecule has 0 unspecified atom stereocenters. The van der Waals surface area contributed by atoms with E-state index < -0.39 is 0 Å². The molecule has 4 rings (SSSR count). The van der Waals surface area contributed by atoms with Crippen molar-refractivity contribution in [2.75, 3.05) is 12.4 Å². The van der Waals surface area contributed by atoms with Crippen molar-refractivity contribution < 1.29 is 14.1 Å². The van der Waals surface area contributed by atoms with E-state index >= 15 is 0 Å². The van der Waals surface area contributed by atoms with E-state index in [9.17, 15) is 4.79 Å². The van der Waals surface area contributed by atoms with Crippen LogP contribution < -0.4 is 10.1 Å². The summed E-state index contributed by atoms with van der Waals surface area (Å²) in [5.74, 6) is 1.32. The number of carbonyl (C=O) groups is 1. The minimum atomic E-state index is -0.141. The fraction of sp³-hybridized carbons (Fsp3) is 0.0952. The summed E-state index contributed by atoms with van der Waals surface area (Å²) >= 11 is 1.46. The van der Waals surface area contributed by atoms with Gasteiger partial charge in [-0.1, -0.05) is 29.4 Å². The molecule has 2 aromatic heterocycles. The Labute approximate surface area is 165 Å². The summed E-state index contributed by atoms with van der Waals surface area (Å²) in [6.07, 6.45) is 0. The minimum Gasteiger partial charge on any atom is -0.496 e. The number of thiophene rings is 1. The number of benzene rings is 2. The summed E-state index contributed by atoms with van der Waals surface area (Å²) < 4.78 is 10.8. The fourth-order valence-electron chi connectivity index (χ4n) is 2.76. The first-order valence-corrected chi connectivity index (χ1v) is 9.41. The Hall–Kier alpha value is -3.45. The van der Waals surface area contributed by atoms with E-state index in [1.54, 1.807) is 7.11 Å². The summed E-state index contributed by atoms with van der Waals surface area (Å²) in [4.78, 5) is 18.6.